The van der Waals surface area contributed by atoms with Crippen molar-refractivity contribution >= 4 is 11.7 Å². The largest absolute Gasteiger partial charge is 0.375 e. The molecule has 0 aliphatic carbocycles. The molecule has 6 heteroatoms. The van der Waals surface area contributed by atoms with Gasteiger partial charge in [0.1, 0.15) is 5.82 Å². The van der Waals surface area contributed by atoms with E-state index in [2.05, 4.69) is 21.8 Å². The Hall–Kier alpha value is -1.69. The first kappa shape index (κ1) is 15.2. The molecule has 2 aliphatic rings. The molecular weight excluding hydrogens is 280 g/mol. The van der Waals surface area contributed by atoms with Crippen molar-refractivity contribution in [3.63, 3.8) is 0 Å². The molecule has 2 saturated heterocycles. The lowest BCUT2D eigenvalue weighted by Gasteiger charge is -2.41. The summed E-state index contributed by atoms with van der Waals surface area (Å²) in [7, 11) is 0. The number of hydrogen-bond donors (Lipinski definition) is 0. The smallest absolute Gasteiger partial charge is 0.227 e. The second kappa shape index (κ2) is 6.60. The number of nitrogens with zero attached hydrogens (tertiary/aromatic N) is 4. The third-order valence-corrected chi connectivity index (χ3v) is 4.54. The van der Waals surface area contributed by atoms with Crippen LogP contribution in [-0.4, -0.2) is 59.2 Å². The molecule has 2 fully saturated rings. The van der Waals surface area contributed by atoms with Crippen molar-refractivity contribution in [2.45, 2.75) is 38.8 Å². The normalized spacial score (nSPS) is 29.5. The highest BCUT2D eigenvalue weighted by molar-refractivity contribution is 5.80. The van der Waals surface area contributed by atoms with E-state index in [0.29, 0.717) is 13.2 Å². The van der Waals surface area contributed by atoms with E-state index in [1.54, 1.807) is 18.6 Å². The number of rotatable bonds is 2. The summed E-state index contributed by atoms with van der Waals surface area (Å²) in [5, 5.41) is 0. The number of carbonyl (C=O) groups excluding carboxylic acids is 1. The maximum absolute atomic E-state index is 12.9. The maximum atomic E-state index is 12.9. The lowest BCUT2D eigenvalue weighted by Crippen LogP contribution is -2.54. The zero-order valence-corrected chi connectivity index (χ0v) is 13.3. The van der Waals surface area contributed by atoms with E-state index in [1.165, 1.54) is 0 Å². The summed E-state index contributed by atoms with van der Waals surface area (Å²) >= 11 is 0. The van der Waals surface area contributed by atoms with E-state index >= 15 is 0 Å². The lowest BCUT2D eigenvalue weighted by molar-refractivity contribution is -0.147. The summed E-state index contributed by atoms with van der Waals surface area (Å²) in [5.41, 5.74) is 0. The molecule has 3 atom stereocenters. The fraction of sp³-hybridized carbons (Fsp3) is 0.688. The predicted octanol–water partition coefficient (Wildman–Crippen LogP) is 1.33. The molecule has 0 bridgehead atoms. The van der Waals surface area contributed by atoms with Crippen LogP contribution in [0.15, 0.2) is 18.6 Å². The van der Waals surface area contributed by atoms with Crippen molar-refractivity contribution in [3.8, 4) is 0 Å². The second-order valence-corrected chi connectivity index (χ2v) is 6.33. The standard InChI is InChI=1S/C16H24N4O2/c1-12-11-22-13(2)9-20(12)16(21)14-4-3-7-19(10-14)15-8-17-5-6-18-15/h5-6,8,12-14H,3-4,7,9-11H2,1-2H3. The maximum Gasteiger partial charge on any atom is 0.227 e. The summed E-state index contributed by atoms with van der Waals surface area (Å²) in [4.78, 5) is 25.5. The minimum Gasteiger partial charge on any atom is -0.375 e. The van der Waals surface area contributed by atoms with E-state index in [4.69, 9.17) is 4.74 Å². The zero-order chi connectivity index (χ0) is 15.5. The molecule has 0 radical (unpaired) electrons. The number of amides is 1. The summed E-state index contributed by atoms with van der Waals surface area (Å²) < 4.78 is 5.63. The molecular formula is C16H24N4O2. The molecule has 3 unspecified atom stereocenters. The first-order valence-corrected chi connectivity index (χ1v) is 8.08. The minimum atomic E-state index is 0.0449. The molecule has 3 rings (SSSR count). The van der Waals surface area contributed by atoms with Gasteiger partial charge in [0.25, 0.3) is 0 Å². The third-order valence-electron chi connectivity index (χ3n) is 4.54. The number of aromatic nitrogens is 2. The van der Waals surface area contributed by atoms with Crippen LogP contribution in [0.3, 0.4) is 0 Å². The zero-order valence-electron chi connectivity index (χ0n) is 13.3. The molecule has 0 spiro atoms. The van der Waals surface area contributed by atoms with Gasteiger partial charge in [0.2, 0.25) is 5.91 Å². The minimum absolute atomic E-state index is 0.0449. The van der Waals surface area contributed by atoms with E-state index in [1.807, 2.05) is 11.8 Å². The lowest BCUT2D eigenvalue weighted by atomic mass is 9.95. The Morgan fingerprint density at radius 2 is 2.18 bits per heavy atom. The van der Waals surface area contributed by atoms with Crippen molar-refractivity contribution in [1.82, 2.24) is 14.9 Å². The molecule has 0 saturated carbocycles. The van der Waals surface area contributed by atoms with Gasteiger partial charge in [0.15, 0.2) is 0 Å². The van der Waals surface area contributed by atoms with Gasteiger partial charge in [-0.15, -0.1) is 0 Å². The molecule has 3 heterocycles. The van der Waals surface area contributed by atoms with Gasteiger partial charge in [0, 0.05) is 32.0 Å². The molecule has 22 heavy (non-hydrogen) atoms. The number of anilines is 1. The highest BCUT2D eigenvalue weighted by Crippen LogP contribution is 2.24. The van der Waals surface area contributed by atoms with Gasteiger partial charge in [-0.05, 0) is 26.7 Å². The Morgan fingerprint density at radius 1 is 1.32 bits per heavy atom. The van der Waals surface area contributed by atoms with Crippen LogP contribution in [-0.2, 0) is 9.53 Å². The van der Waals surface area contributed by atoms with E-state index in [0.717, 1.165) is 31.7 Å². The van der Waals surface area contributed by atoms with Crippen LogP contribution in [0.5, 0.6) is 0 Å². The number of ether oxygens (including phenoxy) is 1. The number of piperidine rings is 1. The van der Waals surface area contributed by atoms with E-state index < -0.39 is 0 Å². The van der Waals surface area contributed by atoms with Crippen LogP contribution in [0.1, 0.15) is 26.7 Å². The van der Waals surface area contributed by atoms with Crippen molar-refractivity contribution in [2.24, 2.45) is 5.92 Å². The molecule has 1 amide bonds. The summed E-state index contributed by atoms with van der Waals surface area (Å²) in [6.45, 7) is 7.09. The first-order valence-electron chi connectivity index (χ1n) is 8.08. The molecule has 120 valence electrons. The SMILES string of the molecule is CC1CN(C(=O)C2CCCN(c3cnccn3)C2)C(C)CO1. The van der Waals surface area contributed by atoms with Crippen LogP contribution in [0, 0.1) is 5.92 Å². The van der Waals surface area contributed by atoms with E-state index in [9.17, 15) is 4.79 Å². The van der Waals surface area contributed by atoms with Crippen LogP contribution in [0.2, 0.25) is 0 Å². The van der Waals surface area contributed by atoms with Gasteiger partial charge in [-0.3, -0.25) is 9.78 Å². The van der Waals surface area contributed by atoms with Gasteiger partial charge >= 0.3 is 0 Å². The average molecular weight is 304 g/mol. The molecule has 6 nitrogen and oxygen atoms in total. The summed E-state index contributed by atoms with van der Waals surface area (Å²) in [5.74, 6) is 1.17. The van der Waals surface area contributed by atoms with Crippen LogP contribution in [0.4, 0.5) is 5.82 Å². The molecule has 1 aromatic rings. The second-order valence-electron chi connectivity index (χ2n) is 6.33. The van der Waals surface area contributed by atoms with Crippen molar-refractivity contribution in [2.75, 3.05) is 31.1 Å². The molecule has 0 N–H and O–H groups in total. The third kappa shape index (κ3) is 3.21. The van der Waals surface area contributed by atoms with Gasteiger partial charge in [0.05, 0.1) is 30.9 Å². The van der Waals surface area contributed by atoms with Crippen LogP contribution >= 0.6 is 0 Å². The van der Waals surface area contributed by atoms with Gasteiger partial charge in [-0.25, -0.2) is 4.98 Å². The van der Waals surface area contributed by atoms with Gasteiger partial charge < -0.3 is 14.5 Å². The molecule has 0 aromatic carbocycles. The first-order chi connectivity index (χ1) is 10.6. The Morgan fingerprint density at radius 3 is 2.95 bits per heavy atom. The topological polar surface area (TPSA) is 58.6 Å². The average Bonchev–Trinajstić information content (AvgIpc) is 2.57. The van der Waals surface area contributed by atoms with Gasteiger partial charge in [-0.1, -0.05) is 0 Å². The van der Waals surface area contributed by atoms with Gasteiger partial charge in [-0.2, -0.15) is 0 Å². The fourth-order valence-electron chi connectivity index (χ4n) is 3.29. The Bertz CT molecular complexity index is 510. The van der Waals surface area contributed by atoms with Crippen LogP contribution in [0.25, 0.3) is 0 Å². The monoisotopic (exact) mass is 304 g/mol. The van der Waals surface area contributed by atoms with Crippen molar-refractivity contribution in [1.29, 1.82) is 0 Å². The Balaban J connectivity index is 1.67. The molecule has 2 aliphatic heterocycles. The summed E-state index contributed by atoms with van der Waals surface area (Å²) in [6, 6.07) is 0.163. The van der Waals surface area contributed by atoms with Crippen LogP contribution < -0.4 is 4.90 Å². The Labute approximate surface area is 131 Å². The predicted molar refractivity (Wildman–Crippen MR) is 83.6 cm³/mol. The van der Waals surface area contributed by atoms with E-state index in [-0.39, 0.29) is 24.0 Å². The van der Waals surface area contributed by atoms with Crippen molar-refractivity contribution in [3.05, 3.63) is 18.6 Å². The molecule has 1 aromatic heterocycles. The fourth-order valence-corrected chi connectivity index (χ4v) is 3.29. The van der Waals surface area contributed by atoms with Crippen molar-refractivity contribution < 1.29 is 9.53 Å². The summed E-state index contributed by atoms with van der Waals surface area (Å²) in [6.07, 6.45) is 7.24. The number of carbonyl (C=O) groups is 1. The number of hydrogen-bond acceptors (Lipinski definition) is 5. The highest BCUT2D eigenvalue weighted by Gasteiger charge is 2.34. The highest BCUT2D eigenvalue weighted by atomic mass is 16.5. The number of morpholine rings is 1. The Kier molecular flexibility index (Phi) is 4.57. The quantitative estimate of drug-likeness (QED) is 0.825.